The van der Waals surface area contributed by atoms with Gasteiger partial charge < -0.3 is 4.90 Å². The second-order valence-electron chi connectivity index (χ2n) is 16.6. The Bertz CT molecular complexity index is 3170. The zero-order valence-electron chi connectivity index (χ0n) is 36.2. The molecule has 3 aliphatic carbocycles. The third kappa shape index (κ3) is 6.83. The van der Waals surface area contributed by atoms with Crippen LogP contribution in [0.5, 0.6) is 0 Å². The van der Waals surface area contributed by atoms with Gasteiger partial charge in [0.2, 0.25) is 0 Å². The molecule has 302 valence electrons. The molecule has 62 heavy (non-hydrogen) atoms. The van der Waals surface area contributed by atoms with E-state index < -0.39 is 0 Å². The Labute approximate surface area is 367 Å². The number of fused-ring (bicyclic) bond motifs is 8. The van der Waals surface area contributed by atoms with Crippen LogP contribution in [0.4, 0.5) is 11.4 Å². The molecule has 0 fully saturated rings. The van der Waals surface area contributed by atoms with E-state index in [-0.39, 0.29) is 6.04 Å². The molecule has 0 saturated heterocycles. The van der Waals surface area contributed by atoms with Crippen LogP contribution in [-0.4, -0.2) is 6.04 Å². The van der Waals surface area contributed by atoms with Crippen LogP contribution in [0.1, 0.15) is 62.3 Å². The molecule has 8 aromatic carbocycles. The molecule has 0 aliphatic heterocycles. The molecular weight excluding hydrogens is 747 g/mol. The molecule has 1 atom stereocenters. The van der Waals surface area contributed by atoms with Gasteiger partial charge in [-0.3, -0.25) is 0 Å². The highest BCUT2D eigenvalue weighted by molar-refractivity contribution is 6.14. The van der Waals surface area contributed by atoms with Gasteiger partial charge in [0.25, 0.3) is 0 Å². The summed E-state index contributed by atoms with van der Waals surface area (Å²) in [6, 6.07) is 58.9. The fourth-order valence-corrected chi connectivity index (χ4v) is 10.5. The van der Waals surface area contributed by atoms with Gasteiger partial charge >= 0.3 is 0 Å². The zero-order chi connectivity index (χ0) is 42.2. The molecule has 1 nitrogen and oxygen atoms in total. The van der Waals surface area contributed by atoms with E-state index in [9.17, 15) is 0 Å². The van der Waals surface area contributed by atoms with Gasteiger partial charge in [0.15, 0.2) is 0 Å². The summed E-state index contributed by atoms with van der Waals surface area (Å²) in [6.07, 6.45) is 16.6. The molecule has 0 heterocycles. The van der Waals surface area contributed by atoms with Gasteiger partial charge in [-0.25, -0.2) is 0 Å². The monoisotopic (exact) mass is 799 g/mol. The van der Waals surface area contributed by atoms with Gasteiger partial charge in [-0.1, -0.05) is 172 Å². The predicted octanol–water partition coefficient (Wildman–Crippen LogP) is 16.8. The number of aryl methyl sites for hydroxylation is 1. The molecule has 1 heteroatoms. The number of benzene rings is 8. The summed E-state index contributed by atoms with van der Waals surface area (Å²) in [5, 5.41) is 7.71. The van der Waals surface area contributed by atoms with Gasteiger partial charge in [0.05, 0.1) is 6.04 Å². The summed E-state index contributed by atoms with van der Waals surface area (Å²) in [5.41, 5.74) is 18.6. The number of hydrogen-bond donors (Lipinski definition) is 0. The molecule has 0 spiro atoms. The maximum Gasteiger partial charge on any atom is 0.0569 e. The Morgan fingerprint density at radius 1 is 0.565 bits per heavy atom. The molecule has 0 radical (unpaired) electrons. The topological polar surface area (TPSA) is 3.24 Å². The first-order chi connectivity index (χ1) is 30.6. The number of allylic oxidation sites excluding steroid dienone is 6. The van der Waals surface area contributed by atoms with Crippen molar-refractivity contribution in [1.29, 1.82) is 0 Å². The lowest BCUT2D eigenvalue weighted by atomic mass is 9.83. The zero-order valence-corrected chi connectivity index (χ0v) is 36.2. The minimum absolute atomic E-state index is 0.0194. The van der Waals surface area contributed by atoms with Crippen molar-refractivity contribution in [2.45, 2.75) is 58.9 Å². The van der Waals surface area contributed by atoms with Crippen LogP contribution >= 0.6 is 0 Å². The SMILES string of the molecule is C=C/C=C(/C1=CCCC2=C1Cc1ccccc12)C(C)N(c1cccc(-c2cc3c(c4ccccc24)C=CCC3)c1)c1cccc(-c2cc3ccccc3c3ccccc23)c1.CC. The largest absolute Gasteiger partial charge is 0.334 e. The van der Waals surface area contributed by atoms with Crippen LogP contribution in [0.2, 0.25) is 0 Å². The van der Waals surface area contributed by atoms with Gasteiger partial charge in [-0.2, -0.15) is 0 Å². The number of hydrogen-bond acceptors (Lipinski definition) is 1. The Morgan fingerprint density at radius 3 is 1.94 bits per heavy atom. The van der Waals surface area contributed by atoms with E-state index in [1.807, 2.05) is 19.9 Å². The van der Waals surface area contributed by atoms with E-state index in [1.165, 1.54) is 99.1 Å². The smallest absolute Gasteiger partial charge is 0.0569 e. The van der Waals surface area contributed by atoms with E-state index in [0.29, 0.717) is 0 Å². The first-order valence-electron chi connectivity index (χ1n) is 22.6. The van der Waals surface area contributed by atoms with Gasteiger partial charge in [-0.15, -0.1) is 0 Å². The molecule has 0 aromatic heterocycles. The minimum Gasteiger partial charge on any atom is -0.334 e. The standard InChI is InChI=1S/C59H47N.C2H6/c1-3-17-47(51-32-16-33-54-50-27-9-6-20-44(50)38-59(51)54)39(2)60(45-23-14-21-40(34-45)57-36-42-18-4-7-25-48(42)52-28-10-12-30-55(52)57)46-24-15-22-41(35-46)58-37-43-19-5-8-26-49(43)53-29-11-13-31-56(53)58;1-2/h3-4,6-15,17-18,20-32,34-37,39H,1,5,16,19,33,38H2,2H3;1-2H3/b47-17+;. The van der Waals surface area contributed by atoms with E-state index in [4.69, 9.17) is 0 Å². The third-order valence-corrected chi connectivity index (χ3v) is 13.3. The van der Waals surface area contributed by atoms with Crippen molar-refractivity contribution in [2.24, 2.45) is 0 Å². The molecule has 0 saturated carbocycles. The quantitative estimate of drug-likeness (QED) is 0.109. The summed E-state index contributed by atoms with van der Waals surface area (Å²) in [5.74, 6) is 0. The van der Waals surface area contributed by atoms with Crippen LogP contribution in [0.15, 0.2) is 205 Å². The van der Waals surface area contributed by atoms with Crippen molar-refractivity contribution < 1.29 is 0 Å². The van der Waals surface area contributed by atoms with Gasteiger partial charge in [-0.05, 0) is 175 Å². The Morgan fingerprint density at radius 2 is 1.19 bits per heavy atom. The second kappa shape index (κ2) is 16.8. The van der Waals surface area contributed by atoms with Crippen LogP contribution in [0.3, 0.4) is 0 Å². The molecule has 0 amide bonds. The predicted molar refractivity (Wildman–Crippen MR) is 269 cm³/mol. The Hall–Kier alpha value is -6.96. The Balaban J connectivity index is 0.00000226. The van der Waals surface area contributed by atoms with Gasteiger partial charge in [0, 0.05) is 11.4 Å². The molecule has 0 N–H and O–H groups in total. The number of nitrogens with zero attached hydrogens (tertiary/aromatic N) is 1. The van der Waals surface area contributed by atoms with Crippen LogP contribution in [-0.2, 0) is 12.8 Å². The first kappa shape index (κ1) is 39.2. The fraction of sp³-hybridized carbons (Fsp3) is 0.148. The van der Waals surface area contributed by atoms with Crippen LogP contribution < -0.4 is 4.90 Å². The summed E-state index contributed by atoms with van der Waals surface area (Å²) in [7, 11) is 0. The first-order valence-corrected chi connectivity index (χ1v) is 22.6. The highest BCUT2D eigenvalue weighted by atomic mass is 15.2. The highest BCUT2D eigenvalue weighted by Gasteiger charge is 2.31. The van der Waals surface area contributed by atoms with E-state index in [0.717, 1.165) is 43.5 Å². The maximum atomic E-state index is 4.29. The maximum absolute atomic E-state index is 4.29. The molecule has 1 unspecified atom stereocenters. The molecule has 8 aromatic rings. The molecule has 3 aliphatic rings. The van der Waals surface area contributed by atoms with Crippen molar-refractivity contribution >= 4 is 55.3 Å². The average molecular weight is 800 g/mol. The van der Waals surface area contributed by atoms with E-state index in [2.05, 4.69) is 200 Å². The summed E-state index contributed by atoms with van der Waals surface area (Å²) in [6.45, 7) is 10.7. The van der Waals surface area contributed by atoms with E-state index in [1.54, 1.807) is 0 Å². The molecular formula is C61H53N. The van der Waals surface area contributed by atoms with Crippen molar-refractivity contribution in [3.05, 3.63) is 228 Å². The third-order valence-electron chi connectivity index (χ3n) is 13.3. The van der Waals surface area contributed by atoms with E-state index >= 15 is 0 Å². The molecule has 11 rings (SSSR count). The fourth-order valence-electron chi connectivity index (χ4n) is 10.5. The van der Waals surface area contributed by atoms with Crippen molar-refractivity contribution in [1.82, 2.24) is 0 Å². The van der Waals surface area contributed by atoms with Gasteiger partial charge in [0.1, 0.15) is 0 Å². The summed E-state index contributed by atoms with van der Waals surface area (Å²) in [4.78, 5) is 2.58. The lowest BCUT2D eigenvalue weighted by molar-refractivity contribution is 0.815. The number of anilines is 2. The lowest BCUT2D eigenvalue weighted by Gasteiger charge is -2.36. The van der Waals surface area contributed by atoms with Crippen molar-refractivity contribution in [3.8, 4) is 22.3 Å². The lowest BCUT2D eigenvalue weighted by Crippen LogP contribution is -2.31. The second-order valence-corrected chi connectivity index (χ2v) is 16.6. The Kier molecular flexibility index (Phi) is 10.6. The van der Waals surface area contributed by atoms with Crippen molar-refractivity contribution in [2.75, 3.05) is 4.90 Å². The summed E-state index contributed by atoms with van der Waals surface area (Å²) < 4.78 is 0. The summed E-state index contributed by atoms with van der Waals surface area (Å²) >= 11 is 0. The minimum atomic E-state index is -0.0194. The van der Waals surface area contributed by atoms with Crippen LogP contribution in [0.25, 0.3) is 66.2 Å². The van der Waals surface area contributed by atoms with Crippen molar-refractivity contribution in [3.63, 3.8) is 0 Å². The van der Waals surface area contributed by atoms with Crippen LogP contribution in [0, 0.1) is 0 Å². The number of rotatable bonds is 8. The average Bonchev–Trinajstić information content (AvgIpc) is 3.73. The molecule has 0 bridgehead atoms. The normalized spacial score (nSPS) is 14.8. The highest BCUT2D eigenvalue weighted by Crippen LogP contribution is 2.47.